The fourth-order valence-electron chi connectivity index (χ4n) is 4.40. The lowest BCUT2D eigenvalue weighted by atomic mass is 9.95. The van der Waals surface area contributed by atoms with Crippen LogP contribution in [0, 0.1) is 0 Å². The van der Waals surface area contributed by atoms with Gasteiger partial charge in [0.25, 0.3) is 5.91 Å². The predicted molar refractivity (Wildman–Crippen MR) is 140 cm³/mol. The van der Waals surface area contributed by atoms with Crippen LogP contribution in [-0.4, -0.2) is 63.1 Å². The smallest absolute Gasteiger partial charge is 0.295 e. The third-order valence-corrected chi connectivity index (χ3v) is 5.98. The van der Waals surface area contributed by atoms with Gasteiger partial charge in [-0.1, -0.05) is 24.0 Å². The highest BCUT2D eigenvalue weighted by atomic mass is 16.5. The number of ether oxygens (including phenoxy) is 3. The van der Waals surface area contributed by atoms with Crippen molar-refractivity contribution in [2.24, 2.45) is 0 Å². The van der Waals surface area contributed by atoms with E-state index in [0.717, 1.165) is 6.54 Å². The molecule has 1 heterocycles. The number of hydrogen-bond donors (Lipinski definition) is 1. The molecule has 0 bridgehead atoms. The van der Waals surface area contributed by atoms with E-state index in [-0.39, 0.29) is 11.7 Å². The molecule has 8 heteroatoms. The average molecular weight is 511 g/mol. The molecule has 3 rings (SSSR count). The SMILES string of the molecule is CCOc1ccc(C2C(=C([O-])c3ccc(OC(C)C)cc3)C(=O)C(=O)N2CCC[NH+](C)C)cc1OCC. The van der Waals surface area contributed by atoms with E-state index in [1.807, 2.05) is 41.8 Å². The number of nitrogens with zero attached hydrogens (tertiary/aromatic N) is 1. The van der Waals surface area contributed by atoms with Gasteiger partial charge in [-0.3, -0.25) is 9.59 Å². The standard InChI is InChI=1S/C29H38N2O6/c1-7-35-23-15-12-21(18-24(23)36-8-2)26-25(28(33)29(34)31(26)17-9-16-30(5)6)27(32)20-10-13-22(14-11-20)37-19(3)4/h10-15,18-19,26,32H,7-9,16-17H2,1-6H3. The fraction of sp³-hybridized carbons (Fsp3) is 0.448. The van der Waals surface area contributed by atoms with Gasteiger partial charge in [-0.25, -0.2) is 0 Å². The molecule has 1 saturated heterocycles. The van der Waals surface area contributed by atoms with Gasteiger partial charge in [0.1, 0.15) is 5.75 Å². The summed E-state index contributed by atoms with van der Waals surface area (Å²) >= 11 is 0. The van der Waals surface area contributed by atoms with Crippen LogP contribution in [0.15, 0.2) is 48.0 Å². The van der Waals surface area contributed by atoms with Crippen LogP contribution in [0.3, 0.4) is 0 Å². The molecule has 1 N–H and O–H groups in total. The number of likely N-dealkylation sites (tertiary alicyclic amines) is 1. The quantitative estimate of drug-likeness (QED) is 0.267. The van der Waals surface area contributed by atoms with Gasteiger partial charge in [-0.15, -0.1) is 0 Å². The Morgan fingerprint density at radius 1 is 1.00 bits per heavy atom. The van der Waals surface area contributed by atoms with Crippen molar-refractivity contribution in [1.82, 2.24) is 4.90 Å². The molecule has 1 aliphatic heterocycles. The molecule has 2 aromatic rings. The maximum atomic E-state index is 13.7. The van der Waals surface area contributed by atoms with Crippen molar-refractivity contribution in [2.45, 2.75) is 46.3 Å². The molecular weight excluding hydrogens is 472 g/mol. The monoisotopic (exact) mass is 510 g/mol. The zero-order valence-electron chi connectivity index (χ0n) is 22.6. The topological polar surface area (TPSA) is 92.6 Å². The Labute approximate surface area is 219 Å². The Kier molecular flexibility index (Phi) is 9.58. The molecule has 8 nitrogen and oxygen atoms in total. The van der Waals surface area contributed by atoms with Gasteiger partial charge in [0.15, 0.2) is 11.5 Å². The highest BCUT2D eigenvalue weighted by molar-refractivity contribution is 6.46. The molecule has 0 radical (unpaired) electrons. The number of hydrogen-bond acceptors (Lipinski definition) is 6. The number of Topliss-reactive ketones (excluding diaryl/α,β-unsaturated/α-hetero) is 1. The van der Waals surface area contributed by atoms with Crippen molar-refractivity contribution < 1.29 is 33.8 Å². The first kappa shape index (κ1) is 28.1. The van der Waals surface area contributed by atoms with Gasteiger partial charge in [-0.2, -0.15) is 0 Å². The second kappa shape index (κ2) is 12.6. The summed E-state index contributed by atoms with van der Waals surface area (Å²) in [5, 5.41) is 13.7. The third-order valence-electron chi connectivity index (χ3n) is 5.98. The molecule has 0 spiro atoms. The van der Waals surface area contributed by atoms with Crippen molar-refractivity contribution >= 4 is 17.4 Å². The summed E-state index contributed by atoms with van der Waals surface area (Å²) in [6.45, 7) is 9.65. The first-order valence-electron chi connectivity index (χ1n) is 12.9. The number of ketones is 1. The highest BCUT2D eigenvalue weighted by Gasteiger charge is 2.44. The van der Waals surface area contributed by atoms with Gasteiger partial charge in [0.2, 0.25) is 5.78 Å². The maximum Gasteiger partial charge on any atom is 0.295 e. The zero-order chi connectivity index (χ0) is 27.1. The molecule has 1 atom stereocenters. The molecule has 37 heavy (non-hydrogen) atoms. The van der Waals surface area contributed by atoms with Gasteiger partial charge in [-0.05, 0) is 63.1 Å². The van der Waals surface area contributed by atoms with E-state index in [1.165, 1.54) is 9.80 Å². The van der Waals surface area contributed by atoms with Crippen LogP contribution in [-0.2, 0) is 9.59 Å². The maximum absolute atomic E-state index is 13.7. The van der Waals surface area contributed by atoms with E-state index >= 15 is 0 Å². The molecule has 0 aromatic heterocycles. The van der Waals surface area contributed by atoms with Crippen LogP contribution in [0.25, 0.3) is 5.76 Å². The van der Waals surface area contributed by atoms with Crippen LogP contribution in [0.5, 0.6) is 17.2 Å². The van der Waals surface area contributed by atoms with Crippen molar-refractivity contribution in [2.75, 3.05) is 40.4 Å². The van der Waals surface area contributed by atoms with Crippen LogP contribution in [0.2, 0.25) is 0 Å². The Hall–Kier alpha value is -3.52. The first-order valence-corrected chi connectivity index (χ1v) is 12.9. The summed E-state index contributed by atoms with van der Waals surface area (Å²) in [7, 11) is 4.06. The summed E-state index contributed by atoms with van der Waals surface area (Å²) in [5.74, 6) is -0.182. The van der Waals surface area contributed by atoms with Crippen molar-refractivity contribution in [3.63, 3.8) is 0 Å². The molecule has 2 aromatic carbocycles. The normalized spacial score (nSPS) is 17.1. The molecule has 1 fully saturated rings. The minimum absolute atomic E-state index is 0.00825. The first-order chi connectivity index (χ1) is 17.7. The number of carbonyl (C=O) groups is 2. The van der Waals surface area contributed by atoms with Crippen molar-refractivity contribution in [3.8, 4) is 17.2 Å². The molecule has 1 aliphatic rings. The minimum atomic E-state index is -0.814. The summed E-state index contributed by atoms with van der Waals surface area (Å²) in [4.78, 5) is 29.2. The highest BCUT2D eigenvalue weighted by Crippen LogP contribution is 2.41. The fourth-order valence-corrected chi connectivity index (χ4v) is 4.40. The molecule has 0 aliphatic carbocycles. The Balaban J connectivity index is 2.10. The molecule has 0 saturated carbocycles. The molecule has 200 valence electrons. The number of benzene rings is 2. The van der Waals surface area contributed by atoms with Gasteiger partial charge in [0, 0.05) is 18.5 Å². The second-order valence-corrected chi connectivity index (χ2v) is 9.55. The number of nitrogens with one attached hydrogen (secondary N) is 1. The third kappa shape index (κ3) is 6.63. The molecule has 1 unspecified atom stereocenters. The van der Waals surface area contributed by atoms with E-state index in [2.05, 4.69) is 0 Å². The van der Waals surface area contributed by atoms with Crippen LogP contribution >= 0.6 is 0 Å². The van der Waals surface area contributed by atoms with Crippen LogP contribution in [0.4, 0.5) is 0 Å². The summed E-state index contributed by atoms with van der Waals surface area (Å²) in [6, 6.07) is 11.2. The van der Waals surface area contributed by atoms with Crippen LogP contribution < -0.4 is 24.2 Å². The Morgan fingerprint density at radius 3 is 2.24 bits per heavy atom. The number of rotatable bonds is 12. The van der Waals surface area contributed by atoms with E-state index in [0.29, 0.717) is 54.6 Å². The predicted octanol–water partition coefficient (Wildman–Crippen LogP) is 2.03. The lowest BCUT2D eigenvalue weighted by molar-refractivity contribution is -0.858. The number of amides is 1. The number of quaternary nitrogens is 1. The minimum Gasteiger partial charge on any atom is -0.872 e. The lowest BCUT2D eigenvalue weighted by Gasteiger charge is -2.28. The second-order valence-electron chi connectivity index (χ2n) is 9.55. The van der Waals surface area contributed by atoms with E-state index in [9.17, 15) is 14.7 Å². The Morgan fingerprint density at radius 2 is 1.65 bits per heavy atom. The molecule has 1 amide bonds. The number of carbonyl (C=O) groups excluding carboxylic acids is 2. The lowest BCUT2D eigenvalue weighted by Crippen LogP contribution is -3.05. The van der Waals surface area contributed by atoms with E-state index < -0.39 is 23.5 Å². The van der Waals surface area contributed by atoms with Crippen molar-refractivity contribution in [3.05, 3.63) is 59.2 Å². The van der Waals surface area contributed by atoms with E-state index in [4.69, 9.17) is 14.2 Å². The van der Waals surface area contributed by atoms with Crippen molar-refractivity contribution in [1.29, 1.82) is 0 Å². The Bertz CT molecular complexity index is 1120. The van der Waals surface area contributed by atoms with Gasteiger partial charge in [0.05, 0.1) is 46.0 Å². The van der Waals surface area contributed by atoms with Gasteiger partial charge >= 0.3 is 0 Å². The largest absolute Gasteiger partial charge is 0.872 e. The average Bonchev–Trinajstić information content (AvgIpc) is 3.10. The van der Waals surface area contributed by atoms with Crippen LogP contribution in [0.1, 0.15) is 51.3 Å². The summed E-state index contributed by atoms with van der Waals surface area (Å²) in [6.07, 6.45) is 0.682. The summed E-state index contributed by atoms with van der Waals surface area (Å²) in [5.41, 5.74) is 0.908. The summed E-state index contributed by atoms with van der Waals surface area (Å²) < 4.78 is 17.2. The molecular formula is C29H38N2O6. The van der Waals surface area contributed by atoms with Gasteiger partial charge < -0.3 is 29.1 Å². The zero-order valence-corrected chi connectivity index (χ0v) is 22.6. The van der Waals surface area contributed by atoms with E-state index in [1.54, 1.807) is 42.5 Å².